The van der Waals surface area contributed by atoms with Crippen molar-refractivity contribution in [1.82, 2.24) is 9.97 Å². The molecule has 94 valence electrons. The molecule has 0 fully saturated rings. The van der Waals surface area contributed by atoms with Crippen LogP contribution >= 0.6 is 11.6 Å². The molecule has 2 rings (SSSR count). The third kappa shape index (κ3) is 2.53. The Bertz CT molecular complexity index is 584. The molecule has 1 aromatic carbocycles. The van der Waals surface area contributed by atoms with Crippen molar-refractivity contribution in [3.63, 3.8) is 0 Å². The van der Waals surface area contributed by atoms with Gasteiger partial charge in [-0.15, -0.1) is 0 Å². The van der Waals surface area contributed by atoms with E-state index >= 15 is 0 Å². The lowest BCUT2D eigenvalue weighted by atomic mass is 10.1. The summed E-state index contributed by atoms with van der Waals surface area (Å²) in [5, 5.41) is 0.439. The second-order valence-corrected chi connectivity index (χ2v) is 3.93. The van der Waals surface area contributed by atoms with Gasteiger partial charge in [0, 0.05) is 10.6 Å². The standard InChI is InChI=1S/C11H7ClF3N3/c12-7-3-1-2-6(4-7)9-10(16)18-8(5-17-9)11(13,14)15/h1-5H,(H2,16,18). The van der Waals surface area contributed by atoms with Crippen LogP contribution in [0.3, 0.4) is 0 Å². The van der Waals surface area contributed by atoms with E-state index in [1.807, 2.05) is 0 Å². The zero-order valence-corrected chi connectivity index (χ0v) is 9.63. The number of anilines is 1. The van der Waals surface area contributed by atoms with E-state index in [1.54, 1.807) is 24.3 Å². The van der Waals surface area contributed by atoms with Crippen LogP contribution in [0.25, 0.3) is 11.3 Å². The minimum absolute atomic E-state index is 0.172. The molecule has 0 unspecified atom stereocenters. The minimum atomic E-state index is -4.56. The second-order valence-electron chi connectivity index (χ2n) is 3.50. The van der Waals surface area contributed by atoms with Gasteiger partial charge in [0.1, 0.15) is 5.69 Å². The first kappa shape index (κ1) is 12.6. The van der Waals surface area contributed by atoms with Crippen LogP contribution in [-0.2, 0) is 6.18 Å². The molecule has 3 nitrogen and oxygen atoms in total. The number of halogens is 4. The maximum Gasteiger partial charge on any atom is 0.434 e. The van der Waals surface area contributed by atoms with Crippen LogP contribution in [0, 0.1) is 0 Å². The Kier molecular flexibility index (Phi) is 3.13. The molecule has 7 heteroatoms. The highest BCUT2D eigenvalue weighted by Gasteiger charge is 2.33. The van der Waals surface area contributed by atoms with Gasteiger partial charge in [-0.2, -0.15) is 13.2 Å². The minimum Gasteiger partial charge on any atom is -0.382 e. The van der Waals surface area contributed by atoms with Crippen LogP contribution in [0.15, 0.2) is 30.5 Å². The number of nitrogens with two attached hydrogens (primary N) is 1. The van der Waals surface area contributed by atoms with Gasteiger partial charge in [0.25, 0.3) is 0 Å². The van der Waals surface area contributed by atoms with Crippen molar-refractivity contribution >= 4 is 17.4 Å². The van der Waals surface area contributed by atoms with E-state index in [1.165, 1.54) is 0 Å². The molecule has 0 aliphatic rings. The van der Waals surface area contributed by atoms with Crippen molar-refractivity contribution in [1.29, 1.82) is 0 Å². The highest BCUT2D eigenvalue weighted by atomic mass is 35.5. The molecule has 1 aromatic heterocycles. The second kappa shape index (κ2) is 4.45. The van der Waals surface area contributed by atoms with Gasteiger partial charge < -0.3 is 5.73 Å². The topological polar surface area (TPSA) is 51.8 Å². The van der Waals surface area contributed by atoms with E-state index in [0.717, 1.165) is 0 Å². The Morgan fingerprint density at radius 3 is 2.50 bits per heavy atom. The van der Waals surface area contributed by atoms with E-state index < -0.39 is 11.9 Å². The molecule has 0 aliphatic heterocycles. The first-order chi connectivity index (χ1) is 8.38. The lowest BCUT2D eigenvalue weighted by molar-refractivity contribution is -0.141. The normalized spacial score (nSPS) is 11.6. The van der Waals surface area contributed by atoms with Gasteiger partial charge in [0.15, 0.2) is 11.5 Å². The van der Waals surface area contributed by atoms with Gasteiger partial charge in [0.2, 0.25) is 0 Å². The predicted molar refractivity (Wildman–Crippen MR) is 61.9 cm³/mol. The zero-order valence-electron chi connectivity index (χ0n) is 8.87. The predicted octanol–water partition coefficient (Wildman–Crippen LogP) is 3.40. The van der Waals surface area contributed by atoms with Crippen LogP contribution in [0.1, 0.15) is 5.69 Å². The summed E-state index contributed by atoms with van der Waals surface area (Å²) in [6, 6.07) is 6.48. The monoisotopic (exact) mass is 273 g/mol. The van der Waals surface area contributed by atoms with Crippen molar-refractivity contribution in [2.45, 2.75) is 6.18 Å². The molecule has 0 aliphatic carbocycles. The highest BCUT2D eigenvalue weighted by Crippen LogP contribution is 2.30. The van der Waals surface area contributed by atoms with Gasteiger partial charge >= 0.3 is 6.18 Å². The summed E-state index contributed by atoms with van der Waals surface area (Å²) in [5.74, 6) is -0.285. The number of aromatic nitrogens is 2. The summed E-state index contributed by atoms with van der Waals surface area (Å²) in [6.07, 6.45) is -3.92. The van der Waals surface area contributed by atoms with Gasteiger partial charge in [0.05, 0.1) is 6.20 Å². The fraction of sp³-hybridized carbons (Fsp3) is 0.0909. The number of nitrogens with zero attached hydrogens (tertiary/aromatic N) is 2. The molecule has 2 aromatic rings. The van der Waals surface area contributed by atoms with Crippen LogP contribution < -0.4 is 5.73 Å². The molecule has 18 heavy (non-hydrogen) atoms. The Morgan fingerprint density at radius 1 is 1.22 bits per heavy atom. The molecular weight excluding hydrogens is 267 g/mol. The molecular formula is C11H7ClF3N3. The van der Waals surface area contributed by atoms with Gasteiger partial charge in [-0.05, 0) is 12.1 Å². The first-order valence-electron chi connectivity index (χ1n) is 4.83. The molecule has 2 N–H and O–H groups in total. The average Bonchev–Trinajstić information content (AvgIpc) is 2.27. The van der Waals surface area contributed by atoms with Crippen LogP contribution in [-0.4, -0.2) is 9.97 Å². The largest absolute Gasteiger partial charge is 0.434 e. The summed E-state index contributed by atoms with van der Waals surface area (Å²) in [7, 11) is 0. The van der Waals surface area contributed by atoms with Crippen molar-refractivity contribution < 1.29 is 13.2 Å². The van der Waals surface area contributed by atoms with Crippen molar-refractivity contribution in [3.8, 4) is 11.3 Å². The van der Waals surface area contributed by atoms with Crippen LogP contribution in [0.5, 0.6) is 0 Å². The van der Waals surface area contributed by atoms with Gasteiger partial charge in [-0.3, -0.25) is 4.98 Å². The van der Waals surface area contributed by atoms with E-state index in [4.69, 9.17) is 17.3 Å². The van der Waals surface area contributed by atoms with E-state index in [9.17, 15) is 13.2 Å². The molecule has 0 saturated carbocycles. The van der Waals surface area contributed by atoms with E-state index in [-0.39, 0.29) is 11.5 Å². The van der Waals surface area contributed by atoms with Crippen LogP contribution in [0.4, 0.5) is 19.0 Å². The number of rotatable bonds is 1. The Morgan fingerprint density at radius 2 is 1.94 bits per heavy atom. The van der Waals surface area contributed by atoms with Crippen LogP contribution in [0.2, 0.25) is 5.02 Å². The average molecular weight is 274 g/mol. The summed E-state index contributed by atoms with van der Waals surface area (Å²) < 4.78 is 37.2. The highest BCUT2D eigenvalue weighted by molar-refractivity contribution is 6.30. The Balaban J connectivity index is 2.48. The zero-order chi connectivity index (χ0) is 13.3. The van der Waals surface area contributed by atoms with Gasteiger partial charge in [-0.1, -0.05) is 23.7 Å². The van der Waals surface area contributed by atoms with Crippen molar-refractivity contribution in [2.75, 3.05) is 5.73 Å². The van der Waals surface area contributed by atoms with Gasteiger partial charge in [-0.25, -0.2) is 4.98 Å². The third-order valence-corrected chi connectivity index (χ3v) is 2.42. The maximum absolute atomic E-state index is 12.4. The van der Waals surface area contributed by atoms with E-state index in [2.05, 4.69) is 9.97 Å². The fourth-order valence-corrected chi connectivity index (χ4v) is 1.59. The number of hydrogen-bond donors (Lipinski definition) is 1. The number of hydrogen-bond acceptors (Lipinski definition) is 3. The van der Waals surface area contributed by atoms with Crippen molar-refractivity contribution in [3.05, 3.63) is 41.2 Å². The summed E-state index contributed by atoms with van der Waals surface area (Å²) in [6.45, 7) is 0. The lowest BCUT2D eigenvalue weighted by Gasteiger charge is -2.09. The third-order valence-electron chi connectivity index (χ3n) is 2.19. The van der Waals surface area contributed by atoms with Crippen molar-refractivity contribution in [2.24, 2.45) is 0 Å². The maximum atomic E-state index is 12.4. The first-order valence-corrected chi connectivity index (χ1v) is 5.21. The molecule has 0 saturated heterocycles. The molecule has 0 radical (unpaired) electrons. The lowest BCUT2D eigenvalue weighted by Crippen LogP contribution is -2.11. The summed E-state index contributed by atoms with van der Waals surface area (Å²) >= 11 is 5.78. The summed E-state index contributed by atoms with van der Waals surface area (Å²) in [5.41, 5.74) is 5.05. The number of alkyl halides is 3. The molecule has 0 atom stereocenters. The van der Waals surface area contributed by atoms with E-state index in [0.29, 0.717) is 16.8 Å². The Labute approximate surface area is 105 Å². The number of benzene rings is 1. The Hall–Kier alpha value is -1.82. The fourth-order valence-electron chi connectivity index (χ4n) is 1.40. The molecule has 0 bridgehead atoms. The quantitative estimate of drug-likeness (QED) is 0.866. The molecule has 0 amide bonds. The number of nitrogen functional groups attached to an aromatic ring is 1. The molecule has 0 spiro atoms. The smallest absolute Gasteiger partial charge is 0.382 e. The summed E-state index contributed by atoms with van der Waals surface area (Å²) in [4.78, 5) is 6.99. The molecule has 1 heterocycles. The SMILES string of the molecule is Nc1nc(C(F)(F)F)cnc1-c1cccc(Cl)c1.